The van der Waals surface area contributed by atoms with Crippen molar-refractivity contribution in [3.8, 4) is 0 Å². The van der Waals surface area contributed by atoms with Gasteiger partial charge in [-0.25, -0.2) is 0 Å². The summed E-state index contributed by atoms with van der Waals surface area (Å²) in [6, 6.07) is 0. The van der Waals surface area contributed by atoms with Crippen molar-refractivity contribution in [1.82, 2.24) is 0 Å². The summed E-state index contributed by atoms with van der Waals surface area (Å²) in [5, 5.41) is 0. The van der Waals surface area contributed by atoms with Crippen LogP contribution in [-0.2, 0) is 14.3 Å². The summed E-state index contributed by atoms with van der Waals surface area (Å²) in [4.78, 5) is 21.8. The zero-order valence-electron chi connectivity index (χ0n) is 8.76. The van der Waals surface area contributed by atoms with Crippen molar-refractivity contribution >= 4 is 11.8 Å². The highest BCUT2D eigenvalue weighted by atomic mass is 16.5. The molecule has 0 aromatic carbocycles. The molecule has 1 rings (SSSR count). The summed E-state index contributed by atoms with van der Waals surface area (Å²) in [5.41, 5.74) is 1.02. The highest BCUT2D eigenvalue weighted by Gasteiger charge is 2.22. The Kier molecular flexibility index (Phi) is 3.86. The van der Waals surface area contributed by atoms with Crippen molar-refractivity contribution in [3.05, 3.63) is 11.3 Å². The predicted molar refractivity (Wildman–Crippen MR) is 52.6 cm³/mol. The van der Waals surface area contributed by atoms with E-state index in [-0.39, 0.29) is 11.8 Å². The molecule has 0 bridgehead atoms. The van der Waals surface area contributed by atoms with Crippen LogP contribution in [0.25, 0.3) is 0 Å². The molecule has 1 aliphatic heterocycles. The van der Waals surface area contributed by atoms with E-state index >= 15 is 0 Å². The first kappa shape index (κ1) is 11.0. The van der Waals surface area contributed by atoms with Gasteiger partial charge < -0.3 is 9.53 Å². The van der Waals surface area contributed by atoms with Crippen molar-refractivity contribution in [2.75, 3.05) is 0 Å². The Morgan fingerprint density at radius 1 is 1.43 bits per heavy atom. The van der Waals surface area contributed by atoms with Gasteiger partial charge in [0.15, 0.2) is 0 Å². The number of hydrogen-bond donors (Lipinski definition) is 0. The third kappa shape index (κ3) is 2.98. The molecule has 0 saturated carbocycles. The van der Waals surface area contributed by atoms with Gasteiger partial charge in [0.1, 0.15) is 11.5 Å². The molecule has 0 fully saturated rings. The van der Waals surface area contributed by atoms with Crippen LogP contribution < -0.4 is 0 Å². The fraction of sp³-hybridized carbons (Fsp3) is 0.636. The quantitative estimate of drug-likeness (QED) is 0.634. The van der Waals surface area contributed by atoms with Gasteiger partial charge in [0.25, 0.3) is 0 Å². The Labute approximate surface area is 84.1 Å². The summed E-state index contributed by atoms with van der Waals surface area (Å²) in [5.74, 6) is 0.790. The van der Waals surface area contributed by atoms with Crippen molar-refractivity contribution in [2.45, 2.75) is 46.0 Å². The van der Waals surface area contributed by atoms with Crippen molar-refractivity contribution in [3.63, 3.8) is 0 Å². The fourth-order valence-corrected chi connectivity index (χ4v) is 1.53. The summed E-state index contributed by atoms with van der Waals surface area (Å²) in [7, 11) is 0. The van der Waals surface area contributed by atoms with Crippen molar-refractivity contribution in [2.24, 2.45) is 0 Å². The number of allylic oxidation sites excluding steroid dienone is 1. The number of cyclic esters (lactones) is 1. The second-order valence-electron chi connectivity index (χ2n) is 3.63. The molecule has 0 N–H and O–H groups in total. The van der Waals surface area contributed by atoms with Gasteiger partial charge in [0, 0.05) is 12.8 Å². The summed E-state index contributed by atoms with van der Waals surface area (Å²) < 4.78 is 5.08. The molecule has 0 spiro atoms. The van der Waals surface area contributed by atoms with E-state index in [1.165, 1.54) is 0 Å². The van der Waals surface area contributed by atoms with Gasteiger partial charge in [-0.2, -0.15) is 0 Å². The molecular weight excluding hydrogens is 180 g/mol. The molecule has 3 nitrogen and oxygen atoms in total. The van der Waals surface area contributed by atoms with E-state index in [0.717, 1.165) is 24.2 Å². The van der Waals surface area contributed by atoms with Crippen LogP contribution in [0.4, 0.5) is 0 Å². The molecule has 3 heteroatoms. The molecular formula is C11H16O3. The van der Waals surface area contributed by atoms with E-state index in [0.29, 0.717) is 19.3 Å². The SMILES string of the molecule is CCCC1=C(CCC(C)=O)CC(=O)O1. The molecule has 0 saturated heterocycles. The van der Waals surface area contributed by atoms with Gasteiger partial charge in [0.05, 0.1) is 6.42 Å². The second-order valence-corrected chi connectivity index (χ2v) is 3.63. The van der Waals surface area contributed by atoms with Crippen LogP contribution in [0, 0.1) is 0 Å². The molecule has 78 valence electrons. The molecule has 0 aromatic rings. The maximum Gasteiger partial charge on any atom is 0.315 e. The lowest BCUT2D eigenvalue weighted by atomic mass is 10.0. The van der Waals surface area contributed by atoms with E-state index in [2.05, 4.69) is 0 Å². The summed E-state index contributed by atoms with van der Waals surface area (Å²) in [6.07, 6.45) is 3.34. The minimum absolute atomic E-state index is 0.160. The number of Topliss-reactive ketones (excluding diaryl/α,β-unsaturated/α-hetero) is 1. The second kappa shape index (κ2) is 4.94. The Morgan fingerprint density at radius 2 is 2.14 bits per heavy atom. The van der Waals surface area contributed by atoms with Gasteiger partial charge in [-0.1, -0.05) is 6.92 Å². The molecule has 14 heavy (non-hydrogen) atoms. The smallest absolute Gasteiger partial charge is 0.315 e. The van der Waals surface area contributed by atoms with Crippen LogP contribution in [0.1, 0.15) is 46.0 Å². The standard InChI is InChI=1S/C11H16O3/c1-3-4-10-9(6-5-8(2)12)7-11(13)14-10/h3-7H2,1-2H3. The lowest BCUT2D eigenvalue weighted by molar-refractivity contribution is -0.136. The normalized spacial score (nSPS) is 16.0. The van der Waals surface area contributed by atoms with Gasteiger partial charge in [0.2, 0.25) is 0 Å². The zero-order valence-corrected chi connectivity index (χ0v) is 8.76. The van der Waals surface area contributed by atoms with E-state index in [1.54, 1.807) is 6.92 Å². The predicted octanol–water partition coefficient (Wildman–Crippen LogP) is 2.36. The topological polar surface area (TPSA) is 43.4 Å². The lowest BCUT2D eigenvalue weighted by Crippen LogP contribution is -1.93. The Balaban J connectivity index is 2.56. The fourth-order valence-electron chi connectivity index (χ4n) is 1.53. The maximum absolute atomic E-state index is 11.0. The van der Waals surface area contributed by atoms with E-state index in [4.69, 9.17) is 4.74 Å². The first-order valence-electron chi connectivity index (χ1n) is 5.04. The number of ketones is 1. The van der Waals surface area contributed by atoms with E-state index in [1.807, 2.05) is 6.92 Å². The molecule has 0 aromatic heterocycles. The zero-order chi connectivity index (χ0) is 10.6. The molecule has 0 amide bonds. The van der Waals surface area contributed by atoms with Crippen LogP contribution in [-0.4, -0.2) is 11.8 Å². The van der Waals surface area contributed by atoms with E-state index in [9.17, 15) is 9.59 Å². The molecule has 0 atom stereocenters. The first-order chi connectivity index (χ1) is 6.63. The average Bonchev–Trinajstić information content (AvgIpc) is 2.44. The average molecular weight is 196 g/mol. The third-order valence-corrected chi connectivity index (χ3v) is 2.24. The third-order valence-electron chi connectivity index (χ3n) is 2.24. The number of carbonyl (C=O) groups is 2. The Morgan fingerprint density at radius 3 is 2.71 bits per heavy atom. The lowest BCUT2D eigenvalue weighted by Gasteiger charge is -2.02. The van der Waals surface area contributed by atoms with Gasteiger partial charge >= 0.3 is 5.97 Å². The number of ether oxygens (including phenoxy) is 1. The van der Waals surface area contributed by atoms with Crippen LogP contribution in [0.3, 0.4) is 0 Å². The minimum Gasteiger partial charge on any atom is -0.431 e. The monoisotopic (exact) mass is 196 g/mol. The van der Waals surface area contributed by atoms with E-state index < -0.39 is 0 Å². The molecule has 0 radical (unpaired) electrons. The Bertz CT molecular complexity index is 276. The summed E-state index contributed by atoms with van der Waals surface area (Å²) in [6.45, 7) is 3.61. The number of hydrogen-bond acceptors (Lipinski definition) is 3. The molecule has 1 aliphatic rings. The van der Waals surface area contributed by atoms with Crippen LogP contribution in [0.5, 0.6) is 0 Å². The first-order valence-corrected chi connectivity index (χ1v) is 5.04. The molecule has 0 unspecified atom stereocenters. The highest BCUT2D eigenvalue weighted by molar-refractivity contribution is 5.78. The number of carbonyl (C=O) groups excluding carboxylic acids is 2. The molecule has 1 heterocycles. The Hall–Kier alpha value is -1.12. The van der Waals surface area contributed by atoms with Gasteiger partial charge in [-0.3, -0.25) is 4.79 Å². The molecule has 0 aliphatic carbocycles. The minimum atomic E-state index is -0.174. The van der Waals surface area contributed by atoms with Gasteiger partial charge in [-0.15, -0.1) is 0 Å². The largest absolute Gasteiger partial charge is 0.431 e. The van der Waals surface area contributed by atoms with Gasteiger partial charge in [-0.05, 0) is 25.3 Å². The number of esters is 1. The van der Waals surface area contributed by atoms with Crippen LogP contribution in [0.2, 0.25) is 0 Å². The summed E-state index contributed by atoms with van der Waals surface area (Å²) >= 11 is 0. The van der Waals surface area contributed by atoms with Crippen molar-refractivity contribution < 1.29 is 14.3 Å². The highest BCUT2D eigenvalue weighted by Crippen LogP contribution is 2.27. The number of rotatable bonds is 5. The van der Waals surface area contributed by atoms with Crippen LogP contribution >= 0.6 is 0 Å². The van der Waals surface area contributed by atoms with Crippen LogP contribution in [0.15, 0.2) is 11.3 Å². The van der Waals surface area contributed by atoms with Crippen molar-refractivity contribution in [1.29, 1.82) is 0 Å². The maximum atomic E-state index is 11.0.